The highest BCUT2D eigenvalue weighted by molar-refractivity contribution is 5.94. The summed E-state index contributed by atoms with van der Waals surface area (Å²) in [6, 6.07) is 2.91. The van der Waals surface area contributed by atoms with Crippen molar-refractivity contribution in [2.75, 3.05) is 18.0 Å². The number of hydrogen-bond donors (Lipinski definition) is 2. The third-order valence-electron chi connectivity index (χ3n) is 6.93. The summed E-state index contributed by atoms with van der Waals surface area (Å²) >= 11 is 0. The predicted molar refractivity (Wildman–Crippen MR) is 113 cm³/mol. The minimum atomic E-state index is -1.65. The summed E-state index contributed by atoms with van der Waals surface area (Å²) in [7, 11) is 0. The molecule has 33 heavy (non-hydrogen) atoms. The first-order valence-corrected chi connectivity index (χ1v) is 10.4. The van der Waals surface area contributed by atoms with Gasteiger partial charge in [0.2, 0.25) is 5.43 Å². The number of nitrogens with two attached hydrogens (primary N) is 1. The van der Waals surface area contributed by atoms with Crippen LogP contribution in [0.1, 0.15) is 29.6 Å². The van der Waals surface area contributed by atoms with E-state index in [-0.39, 0.29) is 18.0 Å². The standard InChI is InChI=1S/C23H19F4N3O3/c24-11-2-3-16(14(25)6-11)30-8-13(22(32)33)21(31)12-7-15(26)20(18(27)19(12)30)29-9-17(28)23(10-29)4-1-5-23/h2-3,6-8,17H,1,4-5,9-10,28H2,(H,32,33). The molecule has 10 heteroatoms. The second-order valence-electron chi connectivity index (χ2n) is 8.76. The predicted octanol–water partition coefficient (Wildman–Crippen LogP) is 3.56. The maximum absolute atomic E-state index is 15.9. The summed E-state index contributed by atoms with van der Waals surface area (Å²) in [5, 5.41) is 8.85. The van der Waals surface area contributed by atoms with E-state index in [0.29, 0.717) is 12.6 Å². The van der Waals surface area contributed by atoms with Crippen LogP contribution in [-0.4, -0.2) is 34.8 Å². The number of anilines is 1. The molecule has 0 bridgehead atoms. The van der Waals surface area contributed by atoms with Crippen molar-refractivity contribution in [3.8, 4) is 5.69 Å². The molecule has 0 radical (unpaired) electrons. The van der Waals surface area contributed by atoms with Crippen molar-refractivity contribution in [1.29, 1.82) is 0 Å². The number of benzene rings is 2. The van der Waals surface area contributed by atoms with Crippen LogP contribution < -0.4 is 16.1 Å². The number of rotatable bonds is 3. The summed E-state index contributed by atoms with van der Waals surface area (Å²) in [5.74, 6) is -5.86. The largest absolute Gasteiger partial charge is 0.477 e. The van der Waals surface area contributed by atoms with Gasteiger partial charge in [0.15, 0.2) is 5.82 Å². The smallest absolute Gasteiger partial charge is 0.341 e. The molecule has 2 heterocycles. The van der Waals surface area contributed by atoms with Gasteiger partial charge in [0.05, 0.1) is 16.6 Å². The molecule has 0 amide bonds. The third-order valence-corrected chi connectivity index (χ3v) is 6.93. The number of carbonyl (C=O) groups is 1. The Bertz CT molecular complexity index is 1380. The topological polar surface area (TPSA) is 88.6 Å². The van der Waals surface area contributed by atoms with Gasteiger partial charge in [-0.1, -0.05) is 6.42 Å². The number of aromatic carboxylic acids is 1. The molecule has 1 aliphatic heterocycles. The van der Waals surface area contributed by atoms with E-state index in [0.717, 1.165) is 48.2 Å². The van der Waals surface area contributed by atoms with E-state index in [2.05, 4.69) is 0 Å². The lowest BCUT2D eigenvalue weighted by atomic mass is 9.66. The molecule has 3 N–H and O–H groups in total. The molecular weight excluding hydrogens is 442 g/mol. The Balaban J connectivity index is 1.80. The summed E-state index contributed by atoms with van der Waals surface area (Å²) < 4.78 is 60.0. The fourth-order valence-corrected chi connectivity index (χ4v) is 5.04. The zero-order valence-corrected chi connectivity index (χ0v) is 17.2. The van der Waals surface area contributed by atoms with Crippen molar-refractivity contribution >= 4 is 22.6 Å². The van der Waals surface area contributed by atoms with Gasteiger partial charge < -0.3 is 20.3 Å². The van der Waals surface area contributed by atoms with Gasteiger partial charge in [0.25, 0.3) is 0 Å². The van der Waals surface area contributed by atoms with Gasteiger partial charge in [-0.2, -0.15) is 0 Å². The van der Waals surface area contributed by atoms with E-state index in [1.807, 2.05) is 0 Å². The average Bonchev–Trinajstić information content (AvgIpc) is 3.06. The van der Waals surface area contributed by atoms with Crippen molar-refractivity contribution in [1.82, 2.24) is 4.57 Å². The van der Waals surface area contributed by atoms with Crippen LogP contribution in [0.15, 0.2) is 35.3 Å². The van der Waals surface area contributed by atoms with Gasteiger partial charge in [-0.15, -0.1) is 0 Å². The van der Waals surface area contributed by atoms with Crippen molar-refractivity contribution in [3.05, 3.63) is 69.5 Å². The number of aromatic nitrogens is 1. The molecule has 1 aliphatic carbocycles. The summed E-state index contributed by atoms with van der Waals surface area (Å²) in [6.07, 6.45) is 3.42. The Morgan fingerprint density at radius 1 is 1.12 bits per heavy atom. The van der Waals surface area contributed by atoms with Crippen molar-refractivity contribution in [3.63, 3.8) is 0 Å². The van der Waals surface area contributed by atoms with Gasteiger partial charge in [0, 0.05) is 36.8 Å². The maximum Gasteiger partial charge on any atom is 0.341 e. The molecule has 1 spiro atoms. The Hall–Kier alpha value is -3.40. The Morgan fingerprint density at radius 3 is 2.42 bits per heavy atom. The van der Waals surface area contributed by atoms with Crippen LogP contribution in [-0.2, 0) is 0 Å². The number of nitrogens with zero attached hydrogens (tertiary/aromatic N) is 2. The lowest BCUT2D eigenvalue weighted by molar-refractivity contribution is 0.0695. The van der Waals surface area contributed by atoms with E-state index in [1.165, 1.54) is 4.90 Å². The van der Waals surface area contributed by atoms with Crippen LogP contribution in [0, 0.1) is 28.7 Å². The fraction of sp³-hybridized carbons (Fsp3) is 0.304. The van der Waals surface area contributed by atoms with Crippen LogP contribution in [0.3, 0.4) is 0 Å². The highest BCUT2D eigenvalue weighted by Gasteiger charge is 2.49. The molecule has 1 unspecified atom stereocenters. The molecule has 2 aromatic carbocycles. The van der Waals surface area contributed by atoms with Crippen molar-refractivity contribution < 1.29 is 27.5 Å². The van der Waals surface area contributed by atoms with Crippen LogP contribution in [0.25, 0.3) is 16.6 Å². The summed E-state index contributed by atoms with van der Waals surface area (Å²) in [5.41, 5.74) is 2.78. The van der Waals surface area contributed by atoms with Gasteiger partial charge in [-0.25, -0.2) is 22.4 Å². The van der Waals surface area contributed by atoms with Crippen LogP contribution in [0.5, 0.6) is 0 Å². The molecule has 2 aliphatic rings. The Kier molecular flexibility index (Phi) is 4.75. The second-order valence-corrected chi connectivity index (χ2v) is 8.76. The van der Waals surface area contributed by atoms with Gasteiger partial charge in [-0.3, -0.25) is 4.79 Å². The number of halogens is 4. The molecule has 6 nitrogen and oxygen atoms in total. The number of carboxylic acids is 1. The number of hydrogen-bond acceptors (Lipinski definition) is 4. The molecular formula is C23H19F4N3O3. The van der Waals surface area contributed by atoms with Gasteiger partial charge in [-0.05, 0) is 31.0 Å². The third kappa shape index (κ3) is 3.12. The monoisotopic (exact) mass is 461 g/mol. The van der Waals surface area contributed by atoms with Crippen molar-refractivity contribution in [2.45, 2.75) is 25.3 Å². The minimum absolute atomic E-state index is 0.196. The first-order valence-electron chi connectivity index (χ1n) is 10.4. The van der Waals surface area contributed by atoms with Crippen LogP contribution in [0.4, 0.5) is 23.2 Å². The lowest BCUT2D eigenvalue weighted by Gasteiger charge is -2.41. The van der Waals surface area contributed by atoms with Gasteiger partial charge in [0.1, 0.15) is 28.7 Å². The molecule has 3 aromatic rings. The highest BCUT2D eigenvalue weighted by Crippen LogP contribution is 2.49. The Morgan fingerprint density at radius 2 is 1.85 bits per heavy atom. The van der Waals surface area contributed by atoms with E-state index in [4.69, 9.17) is 5.73 Å². The molecule has 172 valence electrons. The SMILES string of the molecule is NC1CN(c2c(F)cc3c(=O)c(C(=O)O)cn(-c4ccc(F)cc4F)c3c2F)CC12CCC2. The summed E-state index contributed by atoms with van der Waals surface area (Å²) in [4.78, 5) is 25.8. The van der Waals surface area contributed by atoms with Gasteiger partial charge >= 0.3 is 5.97 Å². The van der Waals surface area contributed by atoms with Crippen LogP contribution >= 0.6 is 0 Å². The maximum atomic E-state index is 15.9. The number of fused-ring (bicyclic) bond motifs is 1. The first-order chi connectivity index (χ1) is 15.6. The van der Waals surface area contributed by atoms with E-state index >= 15 is 8.78 Å². The minimum Gasteiger partial charge on any atom is -0.477 e. The molecule has 1 atom stereocenters. The van der Waals surface area contributed by atoms with Crippen LogP contribution in [0.2, 0.25) is 0 Å². The molecule has 1 saturated carbocycles. The second kappa shape index (κ2) is 7.31. The average molecular weight is 461 g/mol. The normalized spacial score (nSPS) is 19.3. The molecule has 5 rings (SSSR count). The molecule has 1 saturated heterocycles. The zero-order valence-electron chi connectivity index (χ0n) is 17.2. The quantitative estimate of drug-likeness (QED) is 0.583. The number of pyridine rings is 1. The molecule has 2 fully saturated rings. The lowest BCUT2D eigenvalue weighted by Crippen LogP contribution is -2.45. The number of carboxylic acid groups (broad SMARTS) is 1. The zero-order chi connectivity index (χ0) is 23.7. The fourth-order valence-electron chi connectivity index (χ4n) is 5.04. The van der Waals surface area contributed by atoms with E-state index in [9.17, 15) is 23.5 Å². The van der Waals surface area contributed by atoms with E-state index in [1.54, 1.807) is 0 Å². The van der Waals surface area contributed by atoms with E-state index < -0.39 is 62.5 Å². The highest BCUT2D eigenvalue weighted by atomic mass is 19.1. The van der Waals surface area contributed by atoms with Crippen molar-refractivity contribution in [2.24, 2.45) is 11.1 Å². The molecule has 1 aromatic heterocycles. The summed E-state index contributed by atoms with van der Waals surface area (Å²) in [6.45, 7) is 0.525. The first kappa shape index (κ1) is 21.4. The Labute approximate surface area is 184 Å².